The number of carbonyl (C=O) groups excluding carboxylic acids is 3. The van der Waals surface area contributed by atoms with Crippen LogP contribution in [0.15, 0.2) is 42.5 Å². The maximum atomic E-state index is 12.3. The molecule has 0 unspecified atom stereocenters. The fraction of sp³-hybridized carbons (Fsp3) is 0.286. The number of ketones is 1. The van der Waals surface area contributed by atoms with Crippen LogP contribution in [0.5, 0.6) is 5.75 Å². The molecule has 0 aromatic heterocycles. The van der Waals surface area contributed by atoms with Crippen molar-refractivity contribution in [3.8, 4) is 5.75 Å². The van der Waals surface area contributed by atoms with Crippen molar-refractivity contribution in [2.75, 3.05) is 17.7 Å². The van der Waals surface area contributed by atoms with Crippen molar-refractivity contribution in [2.45, 2.75) is 33.1 Å². The molecule has 0 saturated carbocycles. The fourth-order valence-electron chi connectivity index (χ4n) is 2.56. The highest BCUT2D eigenvalue weighted by Crippen LogP contribution is 2.27. The lowest BCUT2D eigenvalue weighted by Gasteiger charge is -2.13. The first-order valence-corrected chi connectivity index (χ1v) is 8.80. The molecular formula is C21H24N2O4. The Kier molecular flexibility index (Phi) is 7.11. The van der Waals surface area contributed by atoms with Crippen LogP contribution in [0.1, 0.15) is 42.6 Å². The third kappa shape index (κ3) is 5.95. The molecule has 2 aromatic rings. The van der Waals surface area contributed by atoms with Gasteiger partial charge < -0.3 is 15.4 Å². The smallest absolute Gasteiger partial charge is 0.224 e. The molecule has 27 heavy (non-hydrogen) atoms. The summed E-state index contributed by atoms with van der Waals surface area (Å²) >= 11 is 0. The van der Waals surface area contributed by atoms with E-state index in [1.54, 1.807) is 30.3 Å². The lowest BCUT2D eigenvalue weighted by Crippen LogP contribution is -2.16. The van der Waals surface area contributed by atoms with E-state index in [1.165, 1.54) is 14.0 Å². The molecule has 0 aliphatic carbocycles. The van der Waals surface area contributed by atoms with Crippen molar-refractivity contribution >= 4 is 29.0 Å². The van der Waals surface area contributed by atoms with Crippen LogP contribution in [0.25, 0.3) is 0 Å². The zero-order valence-corrected chi connectivity index (χ0v) is 15.8. The normalized spacial score (nSPS) is 10.2. The standard InChI is InChI=1S/C21H24N2O4/c1-4-15-5-7-16(8-6-15)20(25)11-12-21(26)23-19-13-17(27-3)9-10-18(19)22-14(2)24/h5-10,13H,4,11-12H2,1-3H3,(H,22,24)(H,23,26). The van der Waals surface area contributed by atoms with Crippen LogP contribution in [0.3, 0.4) is 0 Å². The summed E-state index contributed by atoms with van der Waals surface area (Å²) in [4.78, 5) is 35.8. The van der Waals surface area contributed by atoms with Crippen molar-refractivity contribution in [3.63, 3.8) is 0 Å². The monoisotopic (exact) mass is 368 g/mol. The molecule has 0 heterocycles. The first-order chi connectivity index (χ1) is 12.9. The topological polar surface area (TPSA) is 84.5 Å². The summed E-state index contributed by atoms with van der Waals surface area (Å²) in [7, 11) is 1.52. The van der Waals surface area contributed by atoms with Gasteiger partial charge in [-0.25, -0.2) is 0 Å². The average Bonchev–Trinajstić information content (AvgIpc) is 2.67. The summed E-state index contributed by atoms with van der Waals surface area (Å²) < 4.78 is 5.15. The van der Waals surface area contributed by atoms with Gasteiger partial charge in [0.05, 0.1) is 18.5 Å². The number of Topliss-reactive ketones (excluding diaryl/α,β-unsaturated/α-hetero) is 1. The molecule has 2 aromatic carbocycles. The Morgan fingerprint density at radius 3 is 2.22 bits per heavy atom. The number of hydrogen-bond donors (Lipinski definition) is 2. The minimum Gasteiger partial charge on any atom is -0.497 e. The van der Waals surface area contributed by atoms with Gasteiger partial charge in [-0.05, 0) is 24.1 Å². The fourth-order valence-corrected chi connectivity index (χ4v) is 2.56. The molecule has 0 atom stereocenters. The molecule has 0 radical (unpaired) electrons. The first-order valence-electron chi connectivity index (χ1n) is 8.80. The van der Waals surface area contributed by atoms with Crippen LogP contribution in [-0.2, 0) is 16.0 Å². The molecule has 2 amide bonds. The number of amides is 2. The van der Waals surface area contributed by atoms with Gasteiger partial charge in [0.2, 0.25) is 11.8 Å². The second-order valence-corrected chi connectivity index (χ2v) is 6.11. The first kappa shape index (κ1) is 20.2. The molecule has 2 N–H and O–H groups in total. The largest absolute Gasteiger partial charge is 0.497 e. The summed E-state index contributed by atoms with van der Waals surface area (Å²) in [6.45, 7) is 3.44. The van der Waals surface area contributed by atoms with Gasteiger partial charge in [-0.2, -0.15) is 0 Å². The Morgan fingerprint density at radius 1 is 0.926 bits per heavy atom. The summed E-state index contributed by atoms with van der Waals surface area (Å²) in [5, 5.41) is 5.39. The maximum Gasteiger partial charge on any atom is 0.224 e. The molecule has 2 rings (SSSR count). The second-order valence-electron chi connectivity index (χ2n) is 6.11. The van der Waals surface area contributed by atoms with Crippen LogP contribution in [0, 0.1) is 0 Å². The minimum atomic E-state index is -0.312. The molecule has 0 bridgehead atoms. The number of nitrogens with one attached hydrogen (secondary N) is 2. The van der Waals surface area contributed by atoms with E-state index in [1.807, 2.05) is 12.1 Å². The van der Waals surface area contributed by atoms with Crippen LogP contribution in [-0.4, -0.2) is 24.7 Å². The van der Waals surface area contributed by atoms with Crippen LogP contribution in [0.2, 0.25) is 0 Å². The number of hydrogen-bond acceptors (Lipinski definition) is 4. The van der Waals surface area contributed by atoms with E-state index >= 15 is 0 Å². The molecular weight excluding hydrogens is 344 g/mol. The zero-order valence-electron chi connectivity index (χ0n) is 15.8. The van der Waals surface area contributed by atoms with Gasteiger partial charge in [-0.3, -0.25) is 14.4 Å². The van der Waals surface area contributed by atoms with E-state index < -0.39 is 0 Å². The van der Waals surface area contributed by atoms with E-state index in [0.717, 1.165) is 12.0 Å². The van der Waals surface area contributed by atoms with Crippen molar-refractivity contribution in [1.29, 1.82) is 0 Å². The number of carbonyl (C=O) groups is 3. The number of anilines is 2. The van der Waals surface area contributed by atoms with Crippen LogP contribution >= 0.6 is 0 Å². The highest BCUT2D eigenvalue weighted by Gasteiger charge is 2.12. The Bertz CT molecular complexity index is 829. The van der Waals surface area contributed by atoms with Gasteiger partial charge >= 0.3 is 0 Å². The summed E-state index contributed by atoms with van der Waals surface area (Å²) in [6, 6.07) is 12.4. The van der Waals surface area contributed by atoms with E-state index in [2.05, 4.69) is 17.6 Å². The zero-order chi connectivity index (χ0) is 19.8. The number of ether oxygens (including phenoxy) is 1. The lowest BCUT2D eigenvalue weighted by molar-refractivity contribution is -0.116. The van der Waals surface area contributed by atoms with Crippen molar-refractivity contribution in [1.82, 2.24) is 0 Å². The van der Waals surface area contributed by atoms with E-state index in [-0.39, 0.29) is 30.4 Å². The van der Waals surface area contributed by atoms with Crippen molar-refractivity contribution in [3.05, 3.63) is 53.6 Å². The second kappa shape index (κ2) is 9.52. The van der Waals surface area contributed by atoms with Gasteiger partial charge in [0, 0.05) is 31.4 Å². The quantitative estimate of drug-likeness (QED) is 0.694. The third-order valence-electron chi connectivity index (χ3n) is 4.07. The Hall–Kier alpha value is -3.15. The van der Waals surface area contributed by atoms with Crippen molar-refractivity contribution < 1.29 is 19.1 Å². The highest BCUT2D eigenvalue weighted by atomic mass is 16.5. The molecule has 6 nitrogen and oxygen atoms in total. The van der Waals surface area contributed by atoms with Crippen LogP contribution < -0.4 is 15.4 Å². The molecule has 6 heteroatoms. The van der Waals surface area contributed by atoms with Gasteiger partial charge in [0.25, 0.3) is 0 Å². The summed E-state index contributed by atoms with van der Waals surface area (Å²) in [6.07, 6.45) is 1.07. The third-order valence-corrected chi connectivity index (χ3v) is 4.07. The molecule has 0 fully saturated rings. The number of aryl methyl sites for hydroxylation is 1. The van der Waals surface area contributed by atoms with E-state index in [4.69, 9.17) is 4.74 Å². The molecule has 0 aliphatic heterocycles. The Morgan fingerprint density at radius 2 is 1.63 bits per heavy atom. The van der Waals surface area contributed by atoms with Gasteiger partial charge in [-0.15, -0.1) is 0 Å². The van der Waals surface area contributed by atoms with E-state index in [9.17, 15) is 14.4 Å². The van der Waals surface area contributed by atoms with E-state index in [0.29, 0.717) is 22.7 Å². The SMILES string of the molecule is CCc1ccc(C(=O)CCC(=O)Nc2cc(OC)ccc2NC(C)=O)cc1. The van der Waals surface area contributed by atoms with Crippen LogP contribution in [0.4, 0.5) is 11.4 Å². The van der Waals surface area contributed by atoms with Gasteiger partial charge in [0.1, 0.15) is 5.75 Å². The average molecular weight is 368 g/mol. The summed E-state index contributed by atoms with van der Waals surface area (Å²) in [5.41, 5.74) is 2.65. The number of methoxy groups -OCH3 is 1. The predicted octanol–water partition coefficient (Wildman–Crippen LogP) is 3.82. The molecule has 0 aliphatic rings. The van der Waals surface area contributed by atoms with Gasteiger partial charge in [0.15, 0.2) is 5.78 Å². The van der Waals surface area contributed by atoms with Crippen molar-refractivity contribution in [2.24, 2.45) is 0 Å². The number of benzene rings is 2. The predicted molar refractivity (Wildman–Crippen MR) is 105 cm³/mol. The summed E-state index contributed by atoms with van der Waals surface area (Å²) in [5.74, 6) is -0.0956. The van der Waals surface area contributed by atoms with Gasteiger partial charge in [-0.1, -0.05) is 31.2 Å². The Balaban J connectivity index is 2.00. The molecule has 0 saturated heterocycles. The number of rotatable bonds is 8. The lowest BCUT2D eigenvalue weighted by atomic mass is 10.0. The molecule has 142 valence electrons. The Labute approximate surface area is 158 Å². The molecule has 0 spiro atoms. The minimum absolute atomic E-state index is 0.0467. The maximum absolute atomic E-state index is 12.3. The highest BCUT2D eigenvalue weighted by molar-refractivity contribution is 6.02.